The number of hydrogen-bond donors (Lipinski definition) is 0. The number of halogens is 1. The number of ether oxygens (including phenoxy) is 1. The number of carbonyl (C=O) groups excluding carboxylic acids is 1. The highest BCUT2D eigenvalue weighted by Gasteiger charge is 2.33. The molecular formula is C10H10INO2S2. The smallest absolute Gasteiger partial charge is 0.265 e. The van der Waals surface area contributed by atoms with Gasteiger partial charge in [0, 0.05) is 17.2 Å². The van der Waals surface area contributed by atoms with Gasteiger partial charge in [-0.15, -0.1) is 23.1 Å². The van der Waals surface area contributed by atoms with Gasteiger partial charge in [-0.05, 0) is 28.7 Å². The van der Waals surface area contributed by atoms with Crippen LogP contribution in [0.5, 0.6) is 0 Å². The van der Waals surface area contributed by atoms with Crippen LogP contribution in [0.1, 0.15) is 9.67 Å². The van der Waals surface area contributed by atoms with Crippen molar-refractivity contribution in [1.29, 1.82) is 0 Å². The largest absolute Gasteiger partial charge is 0.377 e. The van der Waals surface area contributed by atoms with Crippen molar-refractivity contribution in [2.45, 2.75) is 10.9 Å². The fourth-order valence-electron chi connectivity index (χ4n) is 1.84. The van der Waals surface area contributed by atoms with Crippen molar-refractivity contribution in [3.05, 3.63) is 13.8 Å². The average Bonchev–Trinajstić information content (AvgIpc) is 2.48. The summed E-state index contributed by atoms with van der Waals surface area (Å²) in [5.74, 6) is 1.18. The van der Waals surface area contributed by atoms with E-state index in [9.17, 15) is 4.79 Å². The van der Waals surface area contributed by atoms with E-state index < -0.39 is 0 Å². The number of rotatable bonds is 1. The van der Waals surface area contributed by atoms with Crippen LogP contribution in [0.2, 0.25) is 0 Å². The van der Waals surface area contributed by atoms with E-state index in [1.807, 2.05) is 4.90 Å². The van der Waals surface area contributed by atoms with Crippen LogP contribution in [0.25, 0.3) is 0 Å². The second kappa shape index (κ2) is 4.47. The molecule has 0 atom stereocenters. The highest BCUT2D eigenvalue weighted by molar-refractivity contribution is 14.1. The average molecular weight is 367 g/mol. The van der Waals surface area contributed by atoms with Crippen molar-refractivity contribution < 1.29 is 9.53 Å². The first-order valence-corrected chi connectivity index (χ1v) is 7.94. The van der Waals surface area contributed by atoms with E-state index in [4.69, 9.17) is 4.74 Å². The first-order chi connectivity index (χ1) is 7.75. The summed E-state index contributed by atoms with van der Waals surface area (Å²) < 4.78 is 6.36. The zero-order valence-electron chi connectivity index (χ0n) is 8.44. The van der Waals surface area contributed by atoms with Gasteiger partial charge in [-0.1, -0.05) is 0 Å². The predicted octanol–water partition coefficient (Wildman–Crippen LogP) is 2.30. The summed E-state index contributed by atoms with van der Waals surface area (Å²) >= 11 is 5.67. The second-order valence-corrected chi connectivity index (χ2v) is 7.87. The maximum atomic E-state index is 12.3. The summed E-state index contributed by atoms with van der Waals surface area (Å²) in [6, 6.07) is 2.42. The Morgan fingerprint density at radius 2 is 2.31 bits per heavy atom. The third-order valence-electron chi connectivity index (χ3n) is 2.77. The van der Waals surface area contributed by atoms with Crippen LogP contribution < -0.4 is 0 Å². The molecule has 3 nitrogen and oxygen atoms in total. The predicted molar refractivity (Wildman–Crippen MR) is 73.4 cm³/mol. The highest BCUT2D eigenvalue weighted by Crippen LogP contribution is 2.35. The van der Waals surface area contributed by atoms with Gasteiger partial charge in [-0.25, -0.2) is 0 Å². The number of amides is 1. The van der Waals surface area contributed by atoms with Crippen molar-refractivity contribution in [1.82, 2.24) is 4.90 Å². The Morgan fingerprint density at radius 1 is 1.50 bits per heavy atom. The van der Waals surface area contributed by atoms with Crippen LogP contribution in [-0.4, -0.2) is 42.4 Å². The molecule has 6 heteroatoms. The number of thioether (sulfide) groups is 1. The first-order valence-electron chi connectivity index (χ1n) is 5.06. The Hall–Kier alpha value is 0.210. The molecule has 0 N–H and O–H groups in total. The van der Waals surface area contributed by atoms with Gasteiger partial charge in [0.1, 0.15) is 4.88 Å². The number of nitrogens with zero attached hydrogens (tertiary/aromatic N) is 1. The lowest BCUT2D eigenvalue weighted by molar-refractivity contribution is -0.0521. The Morgan fingerprint density at radius 3 is 3.00 bits per heavy atom. The van der Waals surface area contributed by atoms with E-state index in [1.54, 1.807) is 23.1 Å². The molecular weight excluding hydrogens is 357 g/mol. The van der Waals surface area contributed by atoms with Crippen molar-refractivity contribution >= 4 is 51.6 Å². The zero-order valence-corrected chi connectivity index (χ0v) is 12.2. The van der Waals surface area contributed by atoms with Crippen LogP contribution in [0, 0.1) is 2.88 Å². The van der Waals surface area contributed by atoms with E-state index in [0.29, 0.717) is 19.3 Å². The van der Waals surface area contributed by atoms with Crippen LogP contribution in [-0.2, 0) is 4.74 Å². The minimum Gasteiger partial charge on any atom is -0.377 e. The number of hydrogen-bond acceptors (Lipinski definition) is 4. The van der Waals surface area contributed by atoms with Gasteiger partial charge < -0.3 is 9.64 Å². The molecule has 0 radical (unpaired) electrons. The molecule has 1 saturated heterocycles. The number of fused-ring (bicyclic) bond motifs is 1. The van der Waals surface area contributed by atoms with E-state index >= 15 is 0 Å². The van der Waals surface area contributed by atoms with E-state index in [-0.39, 0.29) is 5.91 Å². The van der Waals surface area contributed by atoms with Crippen molar-refractivity contribution in [3.8, 4) is 0 Å². The molecule has 86 valence electrons. The van der Waals surface area contributed by atoms with E-state index in [0.717, 1.165) is 22.1 Å². The van der Waals surface area contributed by atoms with Gasteiger partial charge in [0.25, 0.3) is 5.91 Å². The van der Waals surface area contributed by atoms with Crippen LogP contribution in [0.3, 0.4) is 0 Å². The summed E-state index contributed by atoms with van der Waals surface area (Å²) in [4.78, 5) is 16.4. The molecule has 1 amide bonds. The summed E-state index contributed by atoms with van der Waals surface area (Å²) in [7, 11) is 0. The Kier molecular flexibility index (Phi) is 3.16. The third-order valence-corrected chi connectivity index (χ3v) is 5.81. The molecule has 3 heterocycles. The molecule has 0 saturated carbocycles. The lowest BCUT2D eigenvalue weighted by Crippen LogP contribution is -2.52. The monoisotopic (exact) mass is 367 g/mol. The lowest BCUT2D eigenvalue weighted by atomic mass is 10.2. The summed E-state index contributed by atoms with van der Waals surface area (Å²) in [6.45, 7) is 2.25. The molecule has 0 unspecified atom stereocenters. The summed E-state index contributed by atoms with van der Waals surface area (Å²) in [6.07, 6.45) is 0. The Labute approximate surface area is 116 Å². The molecule has 1 aromatic rings. The van der Waals surface area contributed by atoms with Crippen molar-refractivity contribution in [2.75, 3.05) is 25.5 Å². The molecule has 0 spiro atoms. The van der Waals surface area contributed by atoms with Gasteiger partial charge in [0.05, 0.1) is 22.1 Å². The normalized spacial score (nSPS) is 21.6. The molecule has 0 bridgehead atoms. The standard InChI is InChI=1S/C10H10INO2S2/c11-8-3-7-9(16-8)10(13)12(1-2-15-7)6-4-14-5-6/h3,6H,1-2,4-5H2. The summed E-state index contributed by atoms with van der Waals surface area (Å²) in [5, 5.41) is 0. The van der Waals surface area contributed by atoms with Crippen LogP contribution in [0.15, 0.2) is 11.0 Å². The molecule has 0 aliphatic carbocycles. The molecule has 3 rings (SSSR count). The summed E-state index contributed by atoms with van der Waals surface area (Å²) in [5.41, 5.74) is 0. The van der Waals surface area contributed by atoms with Gasteiger partial charge >= 0.3 is 0 Å². The van der Waals surface area contributed by atoms with Crippen LogP contribution in [0.4, 0.5) is 0 Å². The van der Waals surface area contributed by atoms with Gasteiger partial charge in [-0.3, -0.25) is 4.79 Å². The maximum absolute atomic E-state index is 12.3. The minimum absolute atomic E-state index is 0.196. The van der Waals surface area contributed by atoms with Crippen molar-refractivity contribution in [2.24, 2.45) is 0 Å². The van der Waals surface area contributed by atoms with Gasteiger partial charge in [0.15, 0.2) is 0 Å². The first kappa shape index (κ1) is 11.3. The molecule has 16 heavy (non-hydrogen) atoms. The quantitative estimate of drug-likeness (QED) is 0.714. The molecule has 1 fully saturated rings. The fraction of sp³-hybridized carbons (Fsp3) is 0.500. The second-order valence-electron chi connectivity index (χ2n) is 3.78. The molecule has 0 aromatic carbocycles. The molecule has 2 aliphatic rings. The zero-order chi connectivity index (χ0) is 11.1. The highest BCUT2D eigenvalue weighted by atomic mass is 127. The Balaban J connectivity index is 1.92. The van der Waals surface area contributed by atoms with E-state index in [1.165, 1.54) is 2.88 Å². The van der Waals surface area contributed by atoms with Gasteiger partial charge in [-0.2, -0.15) is 0 Å². The SMILES string of the molecule is O=C1c2sc(I)cc2SCCN1C1COC1. The Bertz CT molecular complexity index is 430. The molecule has 2 aliphatic heterocycles. The lowest BCUT2D eigenvalue weighted by Gasteiger charge is -2.36. The number of thiophene rings is 1. The number of carbonyl (C=O) groups is 1. The minimum atomic E-state index is 0.196. The van der Waals surface area contributed by atoms with Gasteiger partial charge in [0.2, 0.25) is 0 Å². The fourth-order valence-corrected chi connectivity index (χ4v) is 5.06. The molecule has 1 aromatic heterocycles. The van der Waals surface area contributed by atoms with E-state index in [2.05, 4.69) is 28.7 Å². The third kappa shape index (κ3) is 1.89. The van der Waals surface area contributed by atoms with Crippen molar-refractivity contribution in [3.63, 3.8) is 0 Å². The topological polar surface area (TPSA) is 29.5 Å². The maximum Gasteiger partial charge on any atom is 0.265 e. The van der Waals surface area contributed by atoms with Crippen LogP contribution >= 0.6 is 45.7 Å².